The van der Waals surface area contributed by atoms with E-state index in [4.69, 9.17) is 0 Å². The predicted molar refractivity (Wildman–Crippen MR) is 56.3 cm³/mol. The largest absolute Gasteiger partial charge is 0.267 e. The fourth-order valence-electron chi connectivity index (χ4n) is 3.28. The molecule has 0 saturated heterocycles. The van der Waals surface area contributed by atoms with Gasteiger partial charge in [-0.15, -0.1) is 0 Å². The molecule has 1 saturated carbocycles. The molecule has 0 bridgehead atoms. The summed E-state index contributed by atoms with van der Waals surface area (Å²) in [7, 11) is 0. The Kier molecular flexibility index (Phi) is 1.59. The Hall–Kier alpha value is -0.790. The van der Waals surface area contributed by atoms with Crippen LogP contribution in [0.3, 0.4) is 0 Å². The average Bonchev–Trinajstić information content (AvgIpc) is 2.55. The molecule has 2 nitrogen and oxygen atoms in total. The second kappa shape index (κ2) is 2.62. The standard InChI is InChI=1S/C12H18N2/c1-4-9-10-5-8-6-13-14(7(2)3)12(8)11(9)10/h6-7,9-11H,4-5H2,1-3H3/t9?,10-,11-/m1/s1. The molecule has 1 aromatic heterocycles. The quantitative estimate of drug-likeness (QED) is 0.701. The highest BCUT2D eigenvalue weighted by Gasteiger charge is 2.56. The maximum absolute atomic E-state index is 4.50. The molecule has 2 aliphatic carbocycles. The number of hydrogen-bond acceptors (Lipinski definition) is 1. The van der Waals surface area contributed by atoms with Crippen molar-refractivity contribution in [2.75, 3.05) is 0 Å². The van der Waals surface area contributed by atoms with Gasteiger partial charge >= 0.3 is 0 Å². The van der Waals surface area contributed by atoms with E-state index in [1.165, 1.54) is 18.4 Å². The van der Waals surface area contributed by atoms with Gasteiger partial charge in [-0.1, -0.05) is 13.3 Å². The molecular weight excluding hydrogens is 172 g/mol. The van der Waals surface area contributed by atoms with Gasteiger partial charge in [0.25, 0.3) is 0 Å². The monoisotopic (exact) mass is 190 g/mol. The second-order valence-corrected chi connectivity index (χ2v) is 5.06. The molecule has 2 heteroatoms. The van der Waals surface area contributed by atoms with Crippen LogP contribution in [0, 0.1) is 11.8 Å². The van der Waals surface area contributed by atoms with Crippen molar-refractivity contribution in [1.82, 2.24) is 9.78 Å². The van der Waals surface area contributed by atoms with Gasteiger partial charge in [0.2, 0.25) is 0 Å². The van der Waals surface area contributed by atoms with Crippen molar-refractivity contribution in [3.8, 4) is 0 Å². The van der Waals surface area contributed by atoms with Crippen molar-refractivity contribution in [2.24, 2.45) is 11.8 Å². The van der Waals surface area contributed by atoms with E-state index in [9.17, 15) is 0 Å². The van der Waals surface area contributed by atoms with Gasteiger partial charge in [-0.05, 0) is 37.7 Å². The average molecular weight is 190 g/mol. The maximum atomic E-state index is 4.50. The molecule has 1 fully saturated rings. The van der Waals surface area contributed by atoms with Crippen molar-refractivity contribution in [3.63, 3.8) is 0 Å². The van der Waals surface area contributed by atoms with E-state index in [1.807, 2.05) is 0 Å². The molecule has 1 aromatic rings. The van der Waals surface area contributed by atoms with Gasteiger partial charge in [-0.2, -0.15) is 5.10 Å². The van der Waals surface area contributed by atoms with E-state index in [2.05, 4.69) is 36.7 Å². The summed E-state index contributed by atoms with van der Waals surface area (Å²) in [6.07, 6.45) is 4.73. The SMILES string of the molecule is CCC1[C@H]2Cc3cnn(C(C)C)c3[C@H]12. The van der Waals surface area contributed by atoms with Gasteiger partial charge in [-0.3, -0.25) is 4.68 Å². The van der Waals surface area contributed by atoms with E-state index in [0.29, 0.717) is 6.04 Å². The Morgan fingerprint density at radius 2 is 2.36 bits per heavy atom. The lowest BCUT2D eigenvalue weighted by atomic mass is 10.1. The molecule has 3 rings (SSSR count). The summed E-state index contributed by atoms with van der Waals surface area (Å²) in [6, 6.07) is 0.524. The molecule has 2 aliphatic rings. The number of fused-ring (bicyclic) bond motifs is 3. The molecule has 14 heavy (non-hydrogen) atoms. The van der Waals surface area contributed by atoms with Crippen molar-refractivity contribution in [3.05, 3.63) is 17.5 Å². The first-order valence-electron chi connectivity index (χ1n) is 5.80. The fourth-order valence-corrected chi connectivity index (χ4v) is 3.28. The number of rotatable bonds is 2. The highest BCUT2D eigenvalue weighted by Crippen LogP contribution is 2.62. The van der Waals surface area contributed by atoms with Gasteiger partial charge in [0.1, 0.15) is 0 Å². The summed E-state index contributed by atoms with van der Waals surface area (Å²) < 4.78 is 2.25. The molecule has 3 atom stereocenters. The minimum absolute atomic E-state index is 0.524. The van der Waals surface area contributed by atoms with Crippen LogP contribution in [0.15, 0.2) is 6.20 Å². The third kappa shape index (κ3) is 0.891. The Morgan fingerprint density at radius 1 is 1.57 bits per heavy atom. The molecule has 0 aliphatic heterocycles. The van der Waals surface area contributed by atoms with Crippen LogP contribution in [0.2, 0.25) is 0 Å². The molecule has 0 amide bonds. The van der Waals surface area contributed by atoms with Crippen LogP contribution in [-0.2, 0) is 6.42 Å². The molecule has 1 unspecified atom stereocenters. The molecule has 76 valence electrons. The highest BCUT2D eigenvalue weighted by atomic mass is 15.3. The van der Waals surface area contributed by atoms with Crippen molar-refractivity contribution < 1.29 is 0 Å². The summed E-state index contributed by atoms with van der Waals surface area (Å²) in [5.74, 6) is 2.80. The van der Waals surface area contributed by atoms with Crippen LogP contribution in [0.1, 0.15) is 50.4 Å². The first-order valence-corrected chi connectivity index (χ1v) is 5.80. The molecule has 0 radical (unpaired) electrons. The Morgan fingerprint density at radius 3 is 3.00 bits per heavy atom. The Labute approximate surface area is 85.3 Å². The summed E-state index contributed by atoms with van der Waals surface area (Å²) in [5.41, 5.74) is 3.09. The maximum Gasteiger partial charge on any atom is 0.0525 e. The Bertz CT molecular complexity index is 364. The van der Waals surface area contributed by atoms with E-state index < -0.39 is 0 Å². The summed E-state index contributed by atoms with van der Waals surface area (Å²) in [4.78, 5) is 0. The minimum atomic E-state index is 0.524. The minimum Gasteiger partial charge on any atom is -0.267 e. The van der Waals surface area contributed by atoms with Crippen molar-refractivity contribution >= 4 is 0 Å². The third-order valence-electron chi connectivity index (χ3n) is 3.98. The lowest BCUT2D eigenvalue weighted by molar-refractivity contribution is 0.505. The van der Waals surface area contributed by atoms with Crippen molar-refractivity contribution in [2.45, 2.75) is 45.6 Å². The van der Waals surface area contributed by atoms with E-state index in [1.54, 1.807) is 5.69 Å². The van der Waals surface area contributed by atoms with Crippen LogP contribution in [-0.4, -0.2) is 9.78 Å². The van der Waals surface area contributed by atoms with E-state index in [-0.39, 0.29) is 0 Å². The zero-order chi connectivity index (χ0) is 9.87. The number of aromatic nitrogens is 2. The normalized spacial score (nSPS) is 33.3. The predicted octanol–water partition coefficient (Wildman–Crippen LogP) is 2.76. The van der Waals surface area contributed by atoms with Crippen LogP contribution in [0.25, 0.3) is 0 Å². The number of hydrogen-bond donors (Lipinski definition) is 0. The smallest absolute Gasteiger partial charge is 0.0525 e. The first-order chi connectivity index (χ1) is 6.74. The molecule has 0 spiro atoms. The highest BCUT2D eigenvalue weighted by molar-refractivity contribution is 5.38. The molecule has 0 aromatic carbocycles. The molecule has 0 N–H and O–H groups in total. The second-order valence-electron chi connectivity index (χ2n) is 5.06. The van der Waals surface area contributed by atoms with E-state index in [0.717, 1.165) is 17.8 Å². The summed E-state index contributed by atoms with van der Waals surface area (Å²) in [6.45, 7) is 6.77. The third-order valence-corrected chi connectivity index (χ3v) is 3.98. The fraction of sp³-hybridized carbons (Fsp3) is 0.750. The van der Waals surface area contributed by atoms with Gasteiger partial charge in [0.05, 0.1) is 6.20 Å². The van der Waals surface area contributed by atoms with Gasteiger partial charge in [0, 0.05) is 17.7 Å². The molecular formula is C12H18N2. The topological polar surface area (TPSA) is 17.8 Å². The van der Waals surface area contributed by atoms with Crippen LogP contribution in [0.4, 0.5) is 0 Å². The Balaban J connectivity index is 1.99. The zero-order valence-electron chi connectivity index (χ0n) is 9.20. The number of nitrogens with zero attached hydrogens (tertiary/aromatic N) is 2. The van der Waals surface area contributed by atoms with Crippen LogP contribution >= 0.6 is 0 Å². The van der Waals surface area contributed by atoms with Gasteiger partial charge < -0.3 is 0 Å². The lowest BCUT2D eigenvalue weighted by Gasteiger charge is -2.10. The molecule has 1 heterocycles. The summed E-state index contributed by atoms with van der Waals surface area (Å²) >= 11 is 0. The first kappa shape index (κ1) is 8.51. The van der Waals surface area contributed by atoms with Gasteiger partial charge in [0.15, 0.2) is 0 Å². The lowest BCUT2D eigenvalue weighted by Crippen LogP contribution is -2.07. The zero-order valence-corrected chi connectivity index (χ0v) is 9.20. The van der Waals surface area contributed by atoms with Crippen LogP contribution < -0.4 is 0 Å². The van der Waals surface area contributed by atoms with E-state index >= 15 is 0 Å². The van der Waals surface area contributed by atoms with Gasteiger partial charge in [-0.25, -0.2) is 0 Å². The van der Waals surface area contributed by atoms with Crippen LogP contribution in [0.5, 0.6) is 0 Å². The van der Waals surface area contributed by atoms with Crippen molar-refractivity contribution in [1.29, 1.82) is 0 Å². The summed E-state index contributed by atoms with van der Waals surface area (Å²) in [5, 5.41) is 4.50.